The normalized spacial score (nSPS) is 11.3. The summed E-state index contributed by atoms with van der Waals surface area (Å²) >= 11 is 5.25. The van der Waals surface area contributed by atoms with Gasteiger partial charge in [0.05, 0.1) is 11.4 Å². The Balaban J connectivity index is 2.96. The van der Waals surface area contributed by atoms with Crippen LogP contribution < -0.4 is 5.32 Å². The van der Waals surface area contributed by atoms with E-state index in [1.807, 2.05) is 0 Å². The van der Waals surface area contributed by atoms with Crippen molar-refractivity contribution in [1.82, 2.24) is 4.98 Å². The zero-order chi connectivity index (χ0) is 12.3. The summed E-state index contributed by atoms with van der Waals surface area (Å²) in [7, 11) is 0. The molecule has 0 aliphatic heterocycles. The van der Waals surface area contributed by atoms with E-state index in [4.69, 9.17) is 11.6 Å². The maximum Gasteiger partial charge on any atom is 0.433 e. The Morgan fingerprint density at radius 2 is 2.12 bits per heavy atom. The topological polar surface area (TPSA) is 42.0 Å². The lowest BCUT2D eigenvalue weighted by Crippen LogP contribution is -2.15. The second kappa shape index (κ2) is 4.69. The lowest BCUT2D eigenvalue weighted by molar-refractivity contribution is -0.141. The fourth-order valence-electron chi connectivity index (χ4n) is 1.03. The van der Waals surface area contributed by atoms with Crippen LogP contribution >= 0.6 is 11.6 Å². The number of alkyl halides is 4. The Labute approximate surface area is 94.6 Å². The lowest BCUT2D eigenvalue weighted by atomic mass is 10.2. The molecular weight excluding hydrogens is 245 g/mol. The van der Waals surface area contributed by atoms with E-state index in [1.165, 1.54) is 6.92 Å². The van der Waals surface area contributed by atoms with Crippen LogP contribution in [0.15, 0.2) is 12.1 Å². The maximum atomic E-state index is 12.3. The third kappa shape index (κ3) is 3.10. The molecule has 16 heavy (non-hydrogen) atoms. The zero-order valence-electron chi connectivity index (χ0n) is 8.23. The van der Waals surface area contributed by atoms with Gasteiger partial charge in [-0.2, -0.15) is 13.2 Å². The average Bonchev–Trinajstić information content (AvgIpc) is 2.19. The molecule has 7 heteroatoms. The summed E-state index contributed by atoms with van der Waals surface area (Å²) in [6.45, 7) is 1.37. The molecule has 0 fully saturated rings. The van der Waals surface area contributed by atoms with E-state index < -0.39 is 17.8 Å². The van der Waals surface area contributed by atoms with Crippen molar-refractivity contribution in [2.45, 2.75) is 13.1 Å². The molecule has 1 aromatic rings. The van der Waals surface area contributed by atoms with Crippen molar-refractivity contribution in [2.75, 3.05) is 11.2 Å². The van der Waals surface area contributed by atoms with Crippen molar-refractivity contribution < 1.29 is 18.0 Å². The van der Waals surface area contributed by atoms with Gasteiger partial charge in [0.15, 0.2) is 0 Å². The van der Waals surface area contributed by atoms with Crippen LogP contribution in [0.25, 0.3) is 0 Å². The number of halogens is 4. The third-order valence-corrected chi connectivity index (χ3v) is 2.01. The number of nitrogens with zero attached hydrogens (tertiary/aromatic N) is 1. The van der Waals surface area contributed by atoms with Gasteiger partial charge in [-0.25, -0.2) is 4.98 Å². The Morgan fingerprint density at radius 1 is 1.50 bits per heavy atom. The van der Waals surface area contributed by atoms with Crippen LogP contribution in [0.5, 0.6) is 0 Å². The van der Waals surface area contributed by atoms with E-state index in [9.17, 15) is 18.0 Å². The van der Waals surface area contributed by atoms with Crippen molar-refractivity contribution in [3.63, 3.8) is 0 Å². The van der Waals surface area contributed by atoms with Crippen LogP contribution in [-0.2, 0) is 11.0 Å². The Bertz CT molecular complexity index is 406. The van der Waals surface area contributed by atoms with E-state index in [0.717, 1.165) is 12.1 Å². The molecule has 1 heterocycles. The maximum absolute atomic E-state index is 12.3. The summed E-state index contributed by atoms with van der Waals surface area (Å²) in [6, 6.07) is 1.95. The number of hydrogen-bond donors (Lipinski definition) is 1. The molecule has 0 aliphatic carbocycles. The van der Waals surface area contributed by atoms with Crippen LogP contribution in [0.2, 0.25) is 0 Å². The fourth-order valence-corrected chi connectivity index (χ4v) is 1.10. The number of nitrogens with one attached hydrogen (secondary N) is 1. The number of rotatable bonds is 2. The molecule has 3 nitrogen and oxygen atoms in total. The van der Waals surface area contributed by atoms with Gasteiger partial charge >= 0.3 is 6.18 Å². The number of pyridine rings is 1. The monoisotopic (exact) mass is 252 g/mol. The summed E-state index contributed by atoms with van der Waals surface area (Å²) in [4.78, 5) is 14.3. The van der Waals surface area contributed by atoms with Crippen molar-refractivity contribution in [2.24, 2.45) is 0 Å². The van der Waals surface area contributed by atoms with Gasteiger partial charge in [-0.15, -0.1) is 11.6 Å². The van der Waals surface area contributed by atoms with Gasteiger partial charge in [-0.05, 0) is 19.1 Å². The molecule has 1 amide bonds. The molecule has 0 aliphatic rings. The van der Waals surface area contributed by atoms with Gasteiger partial charge in [0.25, 0.3) is 0 Å². The minimum atomic E-state index is -4.49. The lowest BCUT2D eigenvalue weighted by Gasteiger charge is -2.10. The molecule has 0 radical (unpaired) electrons. The first-order valence-electron chi connectivity index (χ1n) is 4.25. The summed E-state index contributed by atoms with van der Waals surface area (Å²) in [5.41, 5.74) is -0.680. The predicted molar refractivity (Wildman–Crippen MR) is 53.3 cm³/mol. The molecule has 0 bridgehead atoms. The largest absolute Gasteiger partial charge is 0.433 e. The molecule has 88 valence electrons. The Kier molecular flexibility index (Phi) is 3.74. The van der Waals surface area contributed by atoms with Gasteiger partial charge < -0.3 is 5.32 Å². The molecular formula is C9H8ClF3N2O. The van der Waals surface area contributed by atoms with Crippen LogP contribution in [0.3, 0.4) is 0 Å². The quantitative estimate of drug-likeness (QED) is 0.822. The molecule has 0 spiro atoms. The standard InChI is InChI=1S/C9H8ClF3N2O/c1-5-6(15-8(16)4-10)2-3-7(14-5)9(11,12)13/h2-3H,4H2,1H3,(H,15,16). The summed E-state index contributed by atoms with van der Waals surface area (Å²) in [6.07, 6.45) is -4.49. The molecule has 1 N–H and O–H groups in total. The van der Waals surface area contributed by atoms with Crippen molar-refractivity contribution in [1.29, 1.82) is 0 Å². The molecule has 0 saturated carbocycles. The minimum absolute atomic E-state index is 0.0910. The number of amides is 1. The number of carbonyl (C=O) groups excluding carboxylic acids is 1. The smallest absolute Gasteiger partial charge is 0.323 e. The SMILES string of the molecule is Cc1nc(C(F)(F)F)ccc1NC(=O)CCl. The van der Waals surface area contributed by atoms with Gasteiger partial charge in [-0.3, -0.25) is 4.79 Å². The average molecular weight is 253 g/mol. The molecule has 0 atom stereocenters. The highest BCUT2D eigenvalue weighted by atomic mass is 35.5. The van der Waals surface area contributed by atoms with Crippen LogP contribution in [0.1, 0.15) is 11.4 Å². The van der Waals surface area contributed by atoms with Crippen LogP contribution in [-0.4, -0.2) is 16.8 Å². The Hall–Kier alpha value is -1.30. The Morgan fingerprint density at radius 3 is 2.56 bits per heavy atom. The zero-order valence-corrected chi connectivity index (χ0v) is 8.99. The third-order valence-electron chi connectivity index (χ3n) is 1.77. The number of aryl methyl sites for hydroxylation is 1. The summed E-state index contributed by atoms with van der Waals surface area (Å²) < 4.78 is 36.8. The first kappa shape index (κ1) is 12.8. The van der Waals surface area contributed by atoms with E-state index >= 15 is 0 Å². The number of hydrogen-bond acceptors (Lipinski definition) is 2. The first-order valence-corrected chi connectivity index (χ1v) is 4.78. The molecule has 0 unspecified atom stereocenters. The van der Waals surface area contributed by atoms with Crippen molar-refractivity contribution in [3.8, 4) is 0 Å². The van der Waals surface area contributed by atoms with Crippen molar-refractivity contribution in [3.05, 3.63) is 23.5 Å². The molecule has 1 aromatic heterocycles. The van der Waals surface area contributed by atoms with Gasteiger partial charge in [0.2, 0.25) is 5.91 Å². The number of anilines is 1. The first-order chi connectivity index (χ1) is 7.34. The summed E-state index contributed by atoms with van der Waals surface area (Å²) in [5, 5.41) is 2.34. The minimum Gasteiger partial charge on any atom is -0.323 e. The van der Waals surface area contributed by atoms with Gasteiger partial charge in [-0.1, -0.05) is 0 Å². The van der Waals surface area contributed by atoms with Gasteiger partial charge in [0.1, 0.15) is 11.6 Å². The number of aromatic nitrogens is 1. The van der Waals surface area contributed by atoms with Crippen molar-refractivity contribution >= 4 is 23.2 Å². The second-order valence-corrected chi connectivity index (χ2v) is 3.28. The summed E-state index contributed by atoms with van der Waals surface area (Å²) in [5.74, 6) is -0.758. The predicted octanol–water partition coefficient (Wildman–Crippen LogP) is 2.59. The highest BCUT2D eigenvalue weighted by molar-refractivity contribution is 6.29. The molecule has 0 aromatic carbocycles. The highest BCUT2D eigenvalue weighted by Crippen LogP contribution is 2.29. The van der Waals surface area contributed by atoms with Crippen LogP contribution in [0, 0.1) is 6.92 Å². The van der Waals surface area contributed by atoms with E-state index in [2.05, 4.69) is 10.3 Å². The molecule has 1 rings (SSSR count). The fraction of sp³-hybridized carbons (Fsp3) is 0.333. The van der Waals surface area contributed by atoms with E-state index in [1.54, 1.807) is 0 Å². The van der Waals surface area contributed by atoms with Crippen LogP contribution in [0.4, 0.5) is 18.9 Å². The van der Waals surface area contributed by atoms with Gasteiger partial charge in [0, 0.05) is 0 Å². The highest BCUT2D eigenvalue weighted by Gasteiger charge is 2.32. The molecule has 0 saturated heterocycles. The van der Waals surface area contributed by atoms with E-state index in [-0.39, 0.29) is 17.3 Å². The number of carbonyl (C=O) groups is 1. The van der Waals surface area contributed by atoms with E-state index in [0.29, 0.717) is 0 Å². The second-order valence-electron chi connectivity index (χ2n) is 3.01.